The maximum Gasteiger partial charge on any atom is 0.0698 e. The largest absolute Gasteiger partial charge is 0.371 e. The quantitative estimate of drug-likeness (QED) is 0.855. The van der Waals surface area contributed by atoms with Crippen molar-refractivity contribution in [2.75, 3.05) is 11.5 Å². The Morgan fingerprint density at radius 2 is 1.94 bits per heavy atom. The summed E-state index contributed by atoms with van der Waals surface area (Å²) in [6.45, 7) is 3.87. The summed E-state index contributed by atoms with van der Waals surface area (Å²) < 4.78 is 18.3. The lowest BCUT2D eigenvalue weighted by molar-refractivity contribution is -0.0557. The summed E-state index contributed by atoms with van der Waals surface area (Å²) in [5, 5.41) is 0. The van der Waals surface area contributed by atoms with Gasteiger partial charge >= 0.3 is 0 Å². The predicted octanol–water partition coefficient (Wildman–Crippen LogP) is 2.35. The fraction of sp³-hybridized carbons (Fsp3) is 1.00. The molecule has 3 nitrogen and oxygen atoms in total. The first-order chi connectivity index (χ1) is 8.39. The van der Waals surface area contributed by atoms with E-state index in [-0.39, 0.29) is 17.2 Å². The molecule has 0 aromatic carbocycles. The third kappa shape index (κ3) is 4.04. The Kier molecular flexibility index (Phi) is 4.50. The van der Waals surface area contributed by atoms with E-state index >= 15 is 0 Å². The minimum absolute atomic E-state index is 0.144. The van der Waals surface area contributed by atoms with Gasteiger partial charge in [-0.05, 0) is 39.5 Å². The molecule has 2 aliphatic rings. The van der Waals surface area contributed by atoms with E-state index in [4.69, 9.17) is 10.5 Å². The molecule has 4 heteroatoms. The lowest BCUT2D eigenvalue weighted by Crippen LogP contribution is -2.40. The van der Waals surface area contributed by atoms with Gasteiger partial charge in [-0.1, -0.05) is 19.3 Å². The molecule has 2 fully saturated rings. The van der Waals surface area contributed by atoms with Gasteiger partial charge in [0.1, 0.15) is 0 Å². The Hall–Kier alpha value is 0.0700. The maximum atomic E-state index is 12.0. The van der Waals surface area contributed by atoms with Crippen molar-refractivity contribution >= 4 is 10.8 Å². The first-order valence-corrected chi connectivity index (χ1v) is 8.69. The van der Waals surface area contributed by atoms with Crippen LogP contribution in [0.2, 0.25) is 0 Å². The molecule has 0 radical (unpaired) electrons. The number of hydrogen-bond donors (Lipinski definition) is 1. The normalized spacial score (nSPS) is 29.6. The van der Waals surface area contributed by atoms with Crippen LogP contribution < -0.4 is 5.73 Å². The fourth-order valence-electron chi connectivity index (χ4n) is 3.26. The molecule has 1 heterocycles. The van der Waals surface area contributed by atoms with Crippen LogP contribution in [-0.2, 0) is 15.5 Å². The first kappa shape index (κ1) is 14.5. The molecular formula is C14H27NO2S. The number of rotatable bonds is 4. The molecule has 0 aromatic heterocycles. The summed E-state index contributed by atoms with van der Waals surface area (Å²) in [6.07, 6.45) is 8.81. The van der Waals surface area contributed by atoms with E-state index in [0.717, 1.165) is 6.42 Å². The van der Waals surface area contributed by atoms with E-state index < -0.39 is 10.8 Å². The Morgan fingerprint density at radius 1 is 1.28 bits per heavy atom. The van der Waals surface area contributed by atoms with E-state index in [2.05, 4.69) is 0 Å². The molecule has 1 aliphatic heterocycles. The topological polar surface area (TPSA) is 52.3 Å². The van der Waals surface area contributed by atoms with E-state index in [1.54, 1.807) is 0 Å². The van der Waals surface area contributed by atoms with Crippen molar-refractivity contribution in [2.45, 2.75) is 76.0 Å². The van der Waals surface area contributed by atoms with Crippen LogP contribution >= 0.6 is 0 Å². The van der Waals surface area contributed by atoms with Crippen LogP contribution in [0.1, 0.15) is 58.8 Å². The van der Waals surface area contributed by atoms with Crippen molar-refractivity contribution in [3.05, 3.63) is 0 Å². The summed E-state index contributed by atoms with van der Waals surface area (Å²) in [5.74, 6) is 1.24. The molecule has 1 saturated carbocycles. The van der Waals surface area contributed by atoms with Crippen LogP contribution in [0, 0.1) is 0 Å². The van der Waals surface area contributed by atoms with E-state index in [1.165, 1.54) is 38.5 Å². The number of hydrogen-bond acceptors (Lipinski definition) is 3. The maximum absolute atomic E-state index is 12.0. The number of nitrogens with two attached hydrogens (primary N) is 1. The van der Waals surface area contributed by atoms with Crippen LogP contribution in [-0.4, -0.2) is 33.0 Å². The molecule has 1 saturated heterocycles. The number of ether oxygens (including phenoxy) is 1. The van der Waals surface area contributed by atoms with Gasteiger partial charge in [0, 0.05) is 27.8 Å². The van der Waals surface area contributed by atoms with Crippen molar-refractivity contribution in [1.82, 2.24) is 0 Å². The second-order valence-electron chi connectivity index (χ2n) is 6.76. The van der Waals surface area contributed by atoms with Crippen LogP contribution in [0.4, 0.5) is 0 Å². The Labute approximate surface area is 113 Å². The summed E-state index contributed by atoms with van der Waals surface area (Å²) in [4.78, 5) is 0. The zero-order valence-electron chi connectivity index (χ0n) is 11.7. The third-order valence-electron chi connectivity index (χ3n) is 4.01. The highest BCUT2D eigenvalue weighted by Gasteiger charge is 2.41. The second-order valence-corrected chi connectivity index (χ2v) is 8.26. The van der Waals surface area contributed by atoms with Crippen LogP contribution in [0.3, 0.4) is 0 Å². The van der Waals surface area contributed by atoms with E-state index in [1.807, 2.05) is 13.8 Å². The molecule has 18 heavy (non-hydrogen) atoms. The lowest BCUT2D eigenvalue weighted by Gasteiger charge is -2.33. The van der Waals surface area contributed by atoms with Gasteiger partial charge in [-0.2, -0.15) is 0 Å². The van der Waals surface area contributed by atoms with E-state index in [0.29, 0.717) is 11.5 Å². The summed E-state index contributed by atoms with van der Waals surface area (Å²) in [7, 11) is -0.850. The highest BCUT2D eigenvalue weighted by molar-refractivity contribution is 7.85. The molecule has 2 atom stereocenters. The third-order valence-corrected chi connectivity index (χ3v) is 5.82. The molecule has 106 valence electrons. The van der Waals surface area contributed by atoms with Gasteiger partial charge in [-0.3, -0.25) is 4.21 Å². The minimum atomic E-state index is -0.850. The highest BCUT2D eigenvalue weighted by atomic mass is 32.2. The SMILES string of the molecule is CC(C)(N)CS(=O)CC1CCC2(CCCCC2)O1. The zero-order valence-corrected chi connectivity index (χ0v) is 12.6. The standard InChI is InChI=1S/C14H27NO2S/c1-13(2,15)11-18(16)10-12-6-9-14(17-12)7-4-3-5-8-14/h12H,3-11,15H2,1-2H3. The van der Waals surface area contributed by atoms with Gasteiger partial charge in [0.05, 0.1) is 11.7 Å². The zero-order chi connectivity index (χ0) is 13.2. The average Bonchev–Trinajstić information content (AvgIpc) is 2.59. The van der Waals surface area contributed by atoms with Crippen molar-refractivity contribution in [1.29, 1.82) is 0 Å². The van der Waals surface area contributed by atoms with E-state index in [9.17, 15) is 4.21 Å². The molecule has 1 aliphatic carbocycles. The molecule has 0 aromatic rings. The lowest BCUT2D eigenvalue weighted by atomic mass is 9.83. The Bertz CT molecular complexity index is 305. The van der Waals surface area contributed by atoms with Crippen LogP contribution in [0.25, 0.3) is 0 Å². The van der Waals surface area contributed by atoms with Crippen LogP contribution in [0.5, 0.6) is 0 Å². The summed E-state index contributed by atoms with van der Waals surface area (Å²) in [6, 6.07) is 0. The molecule has 0 bridgehead atoms. The smallest absolute Gasteiger partial charge is 0.0698 e. The van der Waals surface area contributed by atoms with Gasteiger partial charge < -0.3 is 10.5 Å². The van der Waals surface area contributed by atoms with Gasteiger partial charge in [-0.25, -0.2) is 0 Å². The minimum Gasteiger partial charge on any atom is -0.371 e. The highest BCUT2D eigenvalue weighted by Crippen LogP contribution is 2.42. The average molecular weight is 273 g/mol. The summed E-state index contributed by atoms with van der Waals surface area (Å²) in [5.41, 5.74) is 5.72. The second kappa shape index (κ2) is 5.59. The molecule has 2 unspecified atom stereocenters. The molecule has 1 spiro atoms. The molecule has 0 amide bonds. The van der Waals surface area contributed by atoms with Crippen molar-refractivity contribution in [3.8, 4) is 0 Å². The molecule has 2 N–H and O–H groups in total. The van der Waals surface area contributed by atoms with Gasteiger partial charge in [0.2, 0.25) is 0 Å². The molecule has 2 rings (SSSR count). The monoisotopic (exact) mass is 273 g/mol. The first-order valence-electron chi connectivity index (χ1n) is 7.20. The Balaban J connectivity index is 1.80. The van der Waals surface area contributed by atoms with Crippen LogP contribution in [0.15, 0.2) is 0 Å². The van der Waals surface area contributed by atoms with Gasteiger partial charge in [0.15, 0.2) is 0 Å². The predicted molar refractivity (Wildman–Crippen MR) is 76.1 cm³/mol. The van der Waals surface area contributed by atoms with Gasteiger partial charge in [-0.15, -0.1) is 0 Å². The summed E-state index contributed by atoms with van der Waals surface area (Å²) >= 11 is 0. The van der Waals surface area contributed by atoms with Gasteiger partial charge in [0.25, 0.3) is 0 Å². The van der Waals surface area contributed by atoms with Crippen molar-refractivity contribution < 1.29 is 8.95 Å². The van der Waals surface area contributed by atoms with Crippen molar-refractivity contribution in [2.24, 2.45) is 5.73 Å². The van der Waals surface area contributed by atoms with Crippen molar-refractivity contribution in [3.63, 3.8) is 0 Å². The fourth-order valence-corrected chi connectivity index (χ4v) is 4.86. The Morgan fingerprint density at radius 3 is 2.56 bits per heavy atom. The molecular weight excluding hydrogens is 246 g/mol.